The molecule has 0 fully saturated rings. The number of benzene rings is 2. The van der Waals surface area contributed by atoms with Crippen LogP contribution in [0.3, 0.4) is 0 Å². The van der Waals surface area contributed by atoms with Crippen molar-refractivity contribution in [2.75, 3.05) is 12.0 Å². The zero-order valence-corrected chi connectivity index (χ0v) is 17.3. The van der Waals surface area contributed by atoms with Gasteiger partial charge in [0.15, 0.2) is 5.11 Å². The van der Waals surface area contributed by atoms with E-state index in [-0.39, 0.29) is 0 Å². The Morgan fingerprint density at radius 2 is 1.79 bits per heavy atom. The SMILES string of the molecule is COc1ccc(N(Cc2ccc(C(C)C)cc2)C(=S)NCc2ccco2)cc1. The molecule has 4 nitrogen and oxygen atoms in total. The lowest BCUT2D eigenvalue weighted by atomic mass is 10.0. The molecule has 1 aromatic heterocycles. The Kier molecular flexibility index (Phi) is 6.71. The summed E-state index contributed by atoms with van der Waals surface area (Å²) >= 11 is 5.70. The molecule has 1 N–H and O–H groups in total. The van der Waals surface area contributed by atoms with Gasteiger partial charge in [-0.25, -0.2) is 0 Å². The molecule has 0 unspecified atom stereocenters. The van der Waals surface area contributed by atoms with Gasteiger partial charge in [-0.15, -0.1) is 0 Å². The van der Waals surface area contributed by atoms with Gasteiger partial charge in [-0.1, -0.05) is 38.1 Å². The topological polar surface area (TPSA) is 37.6 Å². The maximum Gasteiger partial charge on any atom is 0.174 e. The number of ether oxygens (including phenoxy) is 1. The van der Waals surface area contributed by atoms with Gasteiger partial charge >= 0.3 is 0 Å². The highest BCUT2D eigenvalue weighted by Crippen LogP contribution is 2.23. The molecule has 0 aliphatic heterocycles. The van der Waals surface area contributed by atoms with Crippen LogP contribution in [-0.4, -0.2) is 12.2 Å². The molecule has 0 spiro atoms. The number of furan rings is 1. The van der Waals surface area contributed by atoms with E-state index < -0.39 is 0 Å². The van der Waals surface area contributed by atoms with Crippen LogP contribution in [-0.2, 0) is 13.1 Å². The van der Waals surface area contributed by atoms with E-state index in [1.54, 1.807) is 13.4 Å². The number of methoxy groups -OCH3 is 1. The average molecular weight is 395 g/mol. The van der Waals surface area contributed by atoms with Gasteiger partial charge in [0.25, 0.3) is 0 Å². The van der Waals surface area contributed by atoms with Crippen LogP contribution in [0.2, 0.25) is 0 Å². The first kappa shape index (κ1) is 20.0. The standard InChI is InChI=1S/C23H26N2O2S/c1-17(2)19-8-6-18(7-9-19)16-25(20-10-12-21(26-3)13-11-20)23(28)24-15-22-5-4-14-27-22/h4-14,17H,15-16H2,1-3H3,(H,24,28). The van der Waals surface area contributed by atoms with E-state index in [0.717, 1.165) is 17.2 Å². The molecule has 3 aromatic rings. The number of nitrogens with zero attached hydrogens (tertiary/aromatic N) is 1. The highest BCUT2D eigenvalue weighted by atomic mass is 32.1. The fraction of sp³-hybridized carbons (Fsp3) is 0.261. The number of thiocarbonyl (C=S) groups is 1. The van der Waals surface area contributed by atoms with Crippen molar-refractivity contribution in [2.24, 2.45) is 0 Å². The Bertz CT molecular complexity index is 872. The highest BCUT2D eigenvalue weighted by Gasteiger charge is 2.14. The molecule has 3 rings (SSSR count). The normalized spacial score (nSPS) is 10.7. The molecular weight excluding hydrogens is 368 g/mol. The van der Waals surface area contributed by atoms with Crippen LogP contribution < -0.4 is 15.0 Å². The monoisotopic (exact) mass is 394 g/mol. The number of nitrogens with one attached hydrogen (secondary N) is 1. The van der Waals surface area contributed by atoms with E-state index >= 15 is 0 Å². The van der Waals surface area contributed by atoms with Crippen molar-refractivity contribution in [1.82, 2.24) is 5.32 Å². The smallest absolute Gasteiger partial charge is 0.174 e. The highest BCUT2D eigenvalue weighted by molar-refractivity contribution is 7.80. The van der Waals surface area contributed by atoms with Gasteiger partial charge in [-0.3, -0.25) is 0 Å². The molecule has 0 aliphatic rings. The molecule has 28 heavy (non-hydrogen) atoms. The predicted octanol–water partition coefficient (Wildman–Crippen LogP) is 5.49. The maximum absolute atomic E-state index is 5.70. The van der Waals surface area contributed by atoms with Crippen molar-refractivity contribution in [3.05, 3.63) is 83.8 Å². The number of anilines is 1. The van der Waals surface area contributed by atoms with E-state index in [2.05, 4.69) is 48.3 Å². The predicted molar refractivity (Wildman–Crippen MR) is 118 cm³/mol. The van der Waals surface area contributed by atoms with Gasteiger partial charge in [0, 0.05) is 5.69 Å². The second-order valence-electron chi connectivity index (χ2n) is 6.92. The Labute approximate surface area is 172 Å². The summed E-state index contributed by atoms with van der Waals surface area (Å²) < 4.78 is 10.7. The minimum atomic E-state index is 0.516. The summed E-state index contributed by atoms with van der Waals surface area (Å²) in [7, 11) is 1.67. The molecule has 0 saturated carbocycles. The molecular formula is C23H26N2O2S. The van der Waals surface area contributed by atoms with Gasteiger partial charge < -0.3 is 19.4 Å². The lowest BCUT2D eigenvalue weighted by molar-refractivity contribution is 0.415. The first-order valence-electron chi connectivity index (χ1n) is 9.37. The lowest BCUT2D eigenvalue weighted by Gasteiger charge is -2.26. The Morgan fingerprint density at radius 3 is 2.36 bits per heavy atom. The third-order valence-electron chi connectivity index (χ3n) is 4.61. The molecule has 0 radical (unpaired) electrons. The largest absolute Gasteiger partial charge is 0.497 e. The first-order valence-corrected chi connectivity index (χ1v) is 9.78. The molecule has 0 saturated heterocycles. The maximum atomic E-state index is 5.70. The third kappa shape index (κ3) is 5.14. The summed E-state index contributed by atoms with van der Waals surface area (Å²) in [6, 6.07) is 20.4. The van der Waals surface area contributed by atoms with E-state index in [4.69, 9.17) is 21.4 Å². The second kappa shape index (κ2) is 9.42. The first-order chi connectivity index (χ1) is 13.6. The van der Waals surface area contributed by atoms with Crippen LogP contribution in [0.15, 0.2) is 71.3 Å². The van der Waals surface area contributed by atoms with Crippen molar-refractivity contribution >= 4 is 23.0 Å². The summed E-state index contributed by atoms with van der Waals surface area (Å²) in [5, 5.41) is 3.94. The third-order valence-corrected chi connectivity index (χ3v) is 4.97. The second-order valence-corrected chi connectivity index (χ2v) is 7.31. The van der Waals surface area contributed by atoms with Crippen LogP contribution in [0, 0.1) is 0 Å². The van der Waals surface area contributed by atoms with E-state index in [0.29, 0.717) is 24.1 Å². The average Bonchev–Trinajstić information content (AvgIpc) is 3.24. The molecule has 0 bridgehead atoms. The molecule has 0 aliphatic carbocycles. The van der Waals surface area contributed by atoms with Crippen molar-refractivity contribution in [1.29, 1.82) is 0 Å². The number of rotatable bonds is 7. The number of hydrogen-bond donors (Lipinski definition) is 1. The molecule has 146 valence electrons. The van der Waals surface area contributed by atoms with E-state index in [9.17, 15) is 0 Å². The van der Waals surface area contributed by atoms with Gasteiger partial charge in [-0.05, 0) is 65.7 Å². The van der Waals surface area contributed by atoms with Crippen molar-refractivity contribution in [3.63, 3.8) is 0 Å². The van der Waals surface area contributed by atoms with E-state index in [1.807, 2.05) is 36.4 Å². The quantitative estimate of drug-likeness (QED) is 0.536. The fourth-order valence-corrected chi connectivity index (χ4v) is 3.15. The van der Waals surface area contributed by atoms with Gasteiger partial charge in [0.1, 0.15) is 11.5 Å². The van der Waals surface area contributed by atoms with Crippen LogP contribution in [0.5, 0.6) is 5.75 Å². The Balaban J connectivity index is 1.79. The Morgan fingerprint density at radius 1 is 1.07 bits per heavy atom. The number of hydrogen-bond acceptors (Lipinski definition) is 3. The van der Waals surface area contributed by atoms with Gasteiger partial charge in [-0.2, -0.15) is 0 Å². The van der Waals surface area contributed by atoms with Crippen molar-refractivity contribution < 1.29 is 9.15 Å². The molecule has 0 atom stereocenters. The van der Waals surface area contributed by atoms with Crippen molar-refractivity contribution in [2.45, 2.75) is 32.9 Å². The van der Waals surface area contributed by atoms with Gasteiger partial charge in [0.2, 0.25) is 0 Å². The fourth-order valence-electron chi connectivity index (χ4n) is 2.90. The summed E-state index contributed by atoms with van der Waals surface area (Å²) in [6.07, 6.45) is 1.66. The zero-order valence-electron chi connectivity index (χ0n) is 16.5. The molecule has 1 heterocycles. The van der Waals surface area contributed by atoms with Crippen LogP contribution in [0.25, 0.3) is 0 Å². The van der Waals surface area contributed by atoms with Crippen LogP contribution >= 0.6 is 12.2 Å². The lowest BCUT2D eigenvalue weighted by Crippen LogP contribution is -2.39. The summed E-state index contributed by atoms with van der Waals surface area (Å²) in [5.41, 5.74) is 3.53. The molecule has 0 amide bonds. The van der Waals surface area contributed by atoms with Crippen LogP contribution in [0.1, 0.15) is 36.7 Å². The van der Waals surface area contributed by atoms with Crippen molar-refractivity contribution in [3.8, 4) is 5.75 Å². The summed E-state index contributed by atoms with van der Waals surface area (Å²) in [4.78, 5) is 2.09. The van der Waals surface area contributed by atoms with E-state index in [1.165, 1.54) is 11.1 Å². The zero-order chi connectivity index (χ0) is 19.9. The minimum Gasteiger partial charge on any atom is -0.497 e. The molecule has 2 aromatic carbocycles. The minimum absolute atomic E-state index is 0.516. The molecule has 5 heteroatoms. The van der Waals surface area contributed by atoms with Crippen LogP contribution in [0.4, 0.5) is 5.69 Å². The van der Waals surface area contributed by atoms with Gasteiger partial charge in [0.05, 0.1) is 26.5 Å². The summed E-state index contributed by atoms with van der Waals surface area (Å²) in [5.74, 6) is 2.18. The Hall–Kier alpha value is -2.79. The summed E-state index contributed by atoms with van der Waals surface area (Å²) in [6.45, 7) is 5.62.